The van der Waals surface area contributed by atoms with Crippen LogP contribution in [0.2, 0.25) is 0 Å². The molecule has 0 saturated heterocycles. The number of aromatic nitrogens is 4. The Hall–Kier alpha value is -2.47. The molecule has 0 aliphatic carbocycles. The Labute approximate surface area is 128 Å². The summed E-state index contributed by atoms with van der Waals surface area (Å²) < 4.78 is 7.39. The van der Waals surface area contributed by atoms with E-state index in [1.807, 2.05) is 41.1 Å². The summed E-state index contributed by atoms with van der Waals surface area (Å²) in [6.45, 7) is 1.53. The maximum absolute atomic E-state index is 5.42. The highest BCUT2D eigenvalue weighted by Crippen LogP contribution is 2.19. The molecule has 0 saturated carbocycles. The zero-order chi connectivity index (χ0) is 14.8. The summed E-state index contributed by atoms with van der Waals surface area (Å²) in [5.41, 5.74) is 1.95. The number of benzene rings is 1. The van der Waals surface area contributed by atoms with Crippen LogP contribution in [0.3, 0.4) is 0 Å². The lowest BCUT2D eigenvalue weighted by Gasteiger charge is -2.23. The highest BCUT2D eigenvalue weighted by molar-refractivity contribution is 5.58. The van der Waals surface area contributed by atoms with E-state index in [4.69, 9.17) is 4.52 Å². The molecule has 0 unspecified atom stereocenters. The summed E-state index contributed by atoms with van der Waals surface area (Å²) in [7, 11) is 0. The van der Waals surface area contributed by atoms with Crippen molar-refractivity contribution in [2.45, 2.75) is 32.0 Å². The van der Waals surface area contributed by atoms with Crippen molar-refractivity contribution in [1.82, 2.24) is 25.2 Å². The van der Waals surface area contributed by atoms with Gasteiger partial charge >= 0.3 is 0 Å². The van der Waals surface area contributed by atoms with E-state index in [2.05, 4.69) is 20.6 Å². The quantitative estimate of drug-likeness (QED) is 0.797. The summed E-state index contributed by atoms with van der Waals surface area (Å²) in [5.74, 6) is 1.92. The van der Waals surface area contributed by atoms with Gasteiger partial charge in [-0.05, 0) is 6.42 Å². The molecule has 3 heterocycles. The zero-order valence-electron chi connectivity index (χ0n) is 12.1. The molecule has 2 aromatic heterocycles. The Morgan fingerprint density at radius 3 is 3.09 bits per heavy atom. The van der Waals surface area contributed by atoms with Crippen LogP contribution in [0.1, 0.15) is 18.0 Å². The number of hydrogen-bond acceptors (Lipinski definition) is 5. The van der Waals surface area contributed by atoms with Crippen molar-refractivity contribution < 1.29 is 4.52 Å². The summed E-state index contributed by atoms with van der Waals surface area (Å²) >= 11 is 0. The van der Waals surface area contributed by atoms with E-state index in [0.29, 0.717) is 12.6 Å². The molecule has 22 heavy (non-hydrogen) atoms. The number of rotatable bonds is 4. The average molecular weight is 295 g/mol. The molecule has 1 N–H and O–H groups in total. The Morgan fingerprint density at radius 2 is 2.18 bits per heavy atom. The van der Waals surface area contributed by atoms with Crippen LogP contribution in [-0.2, 0) is 19.5 Å². The minimum Gasteiger partial charge on any atom is -0.359 e. The zero-order valence-corrected chi connectivity index (χ0v) is 12.1. The highest BCUT2D eigenvalue weighted by atomic mass is 16.5. The largest absolute Gasteiger partial charge is 0.359 e. The normalized spacial score (nSPS) is 17.4. The van der Waals surface area contributed by atoms with Crippen molar-refractivity contribution >= 4 is 0 Å². The van der Waals surface area contributed by atoms with Crippen molar-refractivity contribution in [2.75, 3.05) is 0 Å². The van der Waals surface area contributed by atoms with Gasteiger partial charge in [0.2, 0.25) is 0 Å². The molecule has 0 radical (unpaired) electrons. The fourth-order valence-electron chi connectivity index (χ4n) is 2.79. The molecule has 0 bridgehead atoms. The second-order valence-electron chi connectivity index (χ2n) is 5.52. The first kappa shape index (κ1) is 13.2. The van der Waals surface area contributed by atoms with Crippen LogP contribution in [0.25, 0.3) is 11.3 Å². The lowest BCUT2D eigenvalue weighted by atomic mass is 10.1. The van der Waals surface area contributed by atoms with Gasteiger partial charge in [-0.25, -0.2) is 9.67 Å². The van der Waals surface area contributed by atoms with E-state index >= 15 is 0 Å². The molecule has 0 spiro atoms. The van der Waals surface area contributed by atoms with E-state index in [1.54, 1.807) is 6.33 Å². The molecular formula is C16H17N5O. The molecule has 1 aliphatic heterocycles. The summed E-state index contributed by atoms with van der Waals surface area (Å²) in [6, 6.07) is 12.4. The molecule has 6 heteroatoms. The molecule has 0 amide bonds. The van der Waals surface area contributed by atoms with Gasteiger partial charge in [0.05, 0.1) is 13.1 Å². The number of aryl methyl sites for hydroxylation is 1. The van der Waals surface area contributed by atoms with Gasteiger partial charge in [-0.2, -0.15) is 5.10 Å². The standard InChI is InChI=1S/C16H17N5O/c1-2-4-12(5-3-1)15-8-14(22-20-15)9-17-13-6-7-16-18-11-19-21(16)10-13/h1-5,8,11,13,17H,6-7,9-10H2/t13-/m1/s1. The van der Waals surface area contributed by atoms with Crippen LogP contribution in [0, 0.1) is 0 Å². The van der Waals surface area contributed by atoms with Crippen molar-refractivity contribution in [3.8, 4) is 11.3 Å². The molecule has 0 fully saturated rings. The average Bonchev–Trinajstić information content (AvgIpc) is 3.22. The lowest BCUT2D eigenvalue weighted by Crippen LogP contribution is -2.37. The summed E-state index contributed by atoms with van der Waals surface area (Å²) in [6.07, 6.45) is 3.65. The van der Waals surface area contributed by atoms with E-state index in [1.165, 1.54) is 0 Å². The molecule has 1 atom stereocenters. The SMILES string of the molecule is c1ccc(-c2cc(CN[C@@H]3CCc4ncnn4C3)on2)cc1. The molecule has 112 valence electrons. The van der Waals surface area contributed by atoms with E-state index in [9.17, 15) is 0 Å². The molecular weight excluding hydrogens is 278 g/mol. The van der Waals surface area contributed by atoms with Crippen LogP contribution in [0.15, 0.2) is 47.2 Å². The third kappa shape index (κ3) is 2.65. The van der Waals surface area contributed by atoms with E-state index in [0.717, 1.165) is 42.2 Å². The Balaban J connectivity index is 1.38. The minimum absolute atomic E-state index is 0.388. The number of hydrogen-bond donors (Lipinski definition) is 1. The Morgan fingerprint density at radius 1 is 1.27 bits per heavy atom. The first-order valence-electron chi connectivity index (χ1n) is 7.49. The highest BCUT2D eigenvalue weighted by Gasteiger charge is 2.19. The second kappa shape index (κ2) is 5.73. The third-order valence-corrected chi connectivity index (χ3v) is 4.00. The minimum atomic E-state index is 0.388. The fourth-order valence-corrected chi connectivity index (χ4v) is 2.79. The van der Waals surface area contributed by atoms with Crippen molar-refractivity contribution in [3.05, 3.63) is 54.3 Å². The first-order chi connectivity index (χ1) is 10.9. The van der Waals surface area contributed by atoms with Gasteiger partial charge in [0.1, 0.15) is 17.8 Å². The lowest BCUT2D eigenvalue weighted by molar-refractivity contribution is 0.325. The maximum atomic E-state index is 5.42. The summed E-state index contributed by atoms with van der Waals surface area (Å²) in [5, 5.41) is 11.9. The van der Waals surface area contributed by atoms with Gasteiger partial charge in [0.15, 0.2) is 5.76 Å². The first-order valence-corrected chi connectivity index (χ1v) is 7.49. The predicted molar refractivity (Wildman–Crippen MR) is 80.9 cm³/mol. The molecule has 1 aliphatic rings. The topological polar surface area (TPSA) is 68.8 Å². The number of fused-ring (bicyclic) bond motifs is 1. The van der Waals surface area contributed by atoms with Crippen LogP contribution >= 0.6 is 0 Å². The monoisotopic (exact) mass is 295 g/mol. The second-order valence-corrected chi connectivity index (χ2v) is 5.52. The van der Waals surface area contributed by atoms with Crippen LogP contribution in [0.5, 0.6) is 0 Å². The van der Waals surface area contributed by atoms with Gasteiger partial charge in [0.25, 0.3) is 0 Å². The van der Waals surface area contributed by atoms with Gasteiger partial charge in [-0.3, -0.25) is 0 Å². The van der Waals surface area contributed by atoms with Crippen molar-refractivity contribution in [3.63, 3.8) is 0 Å². The third-order valence-electron chi connectivity index (χ3n) is 4.00. The molecule has 3 aromatic rings. The Kier molecular flexibility index (Phi) is 3.44. The molecule has 4 rings (SSSR count). The van der Waals surface area contributed by atoms with Crippen LogP contribution in [0.4, 0.5) is 0 Å². The van der Waals surface area contributed by atoms with Gasteiger partial charge < -0.3 is 9.84 Å². The molecule has 1 aromatic carbocycles. The number of nitrogens with zero attached hydrogens (tertiary/aromatic N) is 4. The summed E-state index contributed by atoms with van der Waals surface area (Å²) in [4.78, 5) is 4.24. The smallest absolute Gasteiger partial charge is 0.151 e. The van der Waals surface area contributed by atoms with Crippen LogP contribution < -0.4 is 5.32 Å². The predicted octanol–water partition coefficient (Wildman–Crippen LogP) is 2.04. The van der Waals surface area contributed by atoms with E-state index in [-0.39, 0.29) is 0 Å². The van der Waals surface area contributed by atoms with Gasteiger partial charge in [-0.1, -0.05) is 35.5 Å². The maximum Gasteiger partial charge on any atom is 0.151 e. The number of nitrogens with one attached hydrogen (secondary N) is 1. The fraction of sp³-hybridized carbons (Fsp3) is 0.312. The van der Waals surface area contributed by atoms with Crippen molar-refractivity contribution in [2.24, 2.45) is 0 Å². The Bertz CT molecular complexity index is 749. The van der Waals surface area contributed by atoms with Crippen molar-refractivity contribution in [1.29, 1.82) is 0 Å². The van der Waals surface area contributed by atoms with Gasteiger partial charge in [-0.15, -0.1) is 0 Å². The molecule has 6 nitrogen and oxygen atoms in total. The van der Waals surface area contributed by atoms with Crippen LogP contribution in [-0.4, -0.2) is 26.0 Å². The van der Waals surface area contributed by atoms with Gasteiger partial charge in [0, 0.05) is 24.1 Å². The van der Waals surface area contributed by atoms with E-state index < -0.39 is 0 Å².